The Balaban J connectivity index is 1.78. The third kappa shape index (κ3) is 4.15. The van der Waals surface area contributed by atoms with Crippen molar-refractivity contribution in [1.29, 1.82) is 0 Å². The number of hydrogen-bond acceptors (Lipinski definition) is 3. The van der Waals surface area contributed by atoms with Crippen molar-refractivity contribution < 1.29 is 14.4 Å². The Morgan fingerprint density at radius 2 is 2.04 bits per heavy atom. The minimum Gasteiger partial charge on any atom is -0.354 e. The highest BCUT2D eigenvalue weighted by molar-refractivity contribution is 5.99. The van der Waals surface area contributed by atoms with Crippen LogP contribution in [-0.2, 0) is 15.0 Å². The van der Waals surface area contributed by atoms with Crippen molar-refractivity contribution >= 4 is 23.4 Å². The van der Waals surface area contributed by atoms with Gasteiger partial charge < -0.3 is 15.5 Å². The molecule has 1 unspecified atom stereocenters. The molecule has 6 nitrogen and oxygen atoms in total. The fourth-order valence-electron chi connectivity index (χ4n) is 4.00. The number of benzene rings is 1. The molecule has 0 saturated carbocycles. The standard InChI is InChI=1S/C21H29N3O3/c1-13(2)22-19(26)15-6-5-9-24(12-15)20(27)14-7-8-17-16(10-14)21(3,4)11-18(25)23-17/h7-8,10,13,15H,5-6,9,11-12H2,1-4H3,(H,22,26)(H,23,25). The first-order valence-electron chi connectivity index (χ1n) is 9.71. The van der Waals surface area contributed by atoms with E-state index in [0.717, 1.165) is 24.1 Å². The lowest BCUT2D eigenvalue weighted by Gasteiger charge is -2.34. The van der Waals surface area contributed by atoms with E-state index in [1.165, 1.54) is 0 Å². The van der Waals surface area contributed by atoms with E-state index < -0.39 is 0 Å². The maximum absolute atomic E-state index is 13.1. The molecule has 1 atom stereocenters. The van der Waals surface area contributed by atoms with Crippen LogP contribution in [0.1, 0.15) is 62.9 Å². The molecule has 1 fully saturated rings. The molecular formula is C21H29N3O3. The lowest BCUT2D eigenvalue weighted by molar-refractivity contribution is -0.126. The van der Waals surface area contributed by atoms with Gasteiger partial charge in [0.2, 0.25) is 11.8 Å². The Kier molecular flexibility index (Phi) is 5.27. The first kappa shape index (κ1) is 19.4. The summed E-state index contributed by atoms with van der Waals surface area (Å²) in [7, 11) is 0. The molecule has 3 rings (SSSR count). The molecule has 6 heteroatoms. The van der Waals surface area contributed by atoms with Crippen molar-refractivity contribution in [1.82, 2.24) is 10.2 Å². The number of hydrogen-bond donors (Lipinski definition) is 2. The van der Waals surface area contributed by atoms with E-state index in [9.17, 15) is 14.4 Å². The molecule has 1 aromatic carbocycles. The third-order valence-electron chi connectivity index (χ3n) is 5.38. The number of nitrogens with one attached hydrogen (secondary N) is 2. The van der Waals surface area contributed by atoms with Gasteiger partial charge in [0.15, 0.2) is 0 Å². The van der Waals surface area contributed by atoms with Gasteiger partial charge in [0, 0.05) is 42.2 Å². The van der Waals surface area contributed by atoms with Gasteiger partial charge in [-0.3, -0.25) is 14.4 Å². The highest BCUT2D eigenvalue weighted by Gasteiger charge is 2.34. The fraction of sp³-hybridized carbons (Fsp3) is 0.571. The van der Waals surface area contributed by atoms with Crippen molar-refractivity contribution in [2.75, 3.05) is 18.4 Å². The van der Waals surface area contributed by atoms with Crippen molar-refractivity contribution in [2.45, 2.75) is 58.4 Å². The predicted octanol–water partition coefficient (Wildman–Crippen LogP) is 2.68. The molecule has 2 aliphatic rings. The van der Waals surface area contributed by atoms with Gasteiger partial charge in [-0.2, -0.15) is 0 Å². The number of fused-ring (bicyclic) bond motifs is 1. The predicted molar refractivity (Wildman–Crippen MR) is 105 cm³/mol. The number of rotatable bonds is 3. The van der Waals surface area contributed by atoms with Crippen molar-refractivity contribution in [3.05, 3.63) is 29.3 Å². The lowest BCUT2D eigenvalue weighted by atomic mass is 9.77. The minimum atomic E-state index is -0.310. The zero-order valence-corrected chi connectivity index (χ0v) is 16.6. The van der Waals surface area contributed by atoms with Crippen LogP contribution in [0.25, 0.3) is 0 Å². The Labute approximate surface area is 160 Å². The first-order chi connectivity index (χ1) is 12.7. The largest absolute Gasteiger partial charge is 0.354 e. The number of piperidine rings is 1. The first-order valence-corrected chi connectivity index (χ1v) is 9.71. The molecule has 1 aromatic rings. The molecule has 27 heavy (non-hydrogen) atoms. The molecular weight excluding hydrogens is 342 g/mol. The summed E-state index contributed by atoms with van der Waals surface area (Å²) in [6.45, 7) is 9.04. The summed E-state index contributed by atoms with van der Waals surface area (Å²) in [4.78, 5) is 39.0. The summed E-state index contributed by atoms with van der Waals surface area (Å²) < 4.78 is 0. The van der Waals surface area contributed by atoms with E-state index in [-0.39, 0.29) is 35.1 Å². The van der Waals surface area contributed by atoms with E-state index >= 15 is 0 Å². The fourth-order valence-corrected chi connectivity index (χ4v) is 4.00. The zero-order valence-electron chi connectivity index (χ0n) is 16.6. The van der Waals surface area contributed by atoms with Gasteiger partial charge in [0.25, 0.3) is 5.91 Å². The van der Waals surface area contributed by atoms with Crippen molar-refractivity contribution in [3.8, 4) is 0 Å². The highest BCUT2D eigenvalue weighted by atomic mass is 16.2. The number of likely N-dealkylation sites (tertiary alicyclic amines) is 1. The van der Waals surface area contributed by atoms with Crippen LogP contribution in [0.5, 0.6) is 0 Å². The number of anilines is 1. The number of carbonyl (C=O) groups is 3. The van der Waals surface area contributed by atoms with E-state index in [1.54, 1.807) is 11.0 Å². The van der Waals surface area contributed by atoms with Crippen LogP contribution in [0.15, 0.2) is 18.2 Å². The summed E-state index contributed by atoms with van der Waals surface area (Å²) in [6, 6.07) is 5.57. The molecule has 0 aliphatic carbocycles. The molecule has 3 amide bonds. The molecule has 2 N–H and O–H groups in total. The molecule has 0 bridgehead atoms. The average molecular weight is 371 g/mol. The van der Waals surface area contributed by atoms with Crippen molar-refractivity contribution in [2.24, 2.45) is 5.92 Å². The average Bonchev–Trinajstić information content (AvgIpc) is 2.59. The second-order valence-corrected chi connectivity index (χ2v) is 8.62. The normalized spacial score (nSPS) is 21.4. The quantitative estimate of drug-likeness (QED) is 0.857. The Morgan fingerprint density at radius 3 is 2.74 bits per heavy atom. The van der Waals surface area contributed by atoms with Crippen LogP contribution in [0.3, 0.4) is 0 Å². The molecule has 2 aliphatic heterocycles. The van der Waals surface area contributed by atoms with Gasteiger partial charge in [0.05, 0.1) is 5.92 Å². The van der Waals surface area contributed by atoms with E-state index in [0.29, 0.717) is 25.1 Å². The van der Waals surface area contributed by atoms with Gasteiger partial charge in [-0.15, -0.1) is 0 Å². The highest BCUT2D eigenvalue weighted by Crippen LogP contribution is 2.37. The minimum absolute atomic E-state index is 0.00149. The summed E-state index contributed by atoms with van der Waals surface area (Å²) >= 11 is 0. The van der Waals surface area contributed by atoms with Crippen LogP contribution in [0.4, 0.5) is 5.69 Å². The molecule has 0 aromatic heterocycles. The Hall–Kier alpha value is -2.37. The smallest absolute Gasteiger partial charge is 0.253 e. The van der Waals surface area contributed by atoms with E-state index in [1.807, 2.05) is 39.8 Å². The van der Waals surface area contributed by atoms with Crippen LogP contribution in [0.2, 0.25) is 0 Å². The molecule has 0 spiro atoms. The van der Waals surface area contributed by atoms with E-state index in [2.05, 4.69) is 10.6 Å². The molecule has 2 heterocycles. The topological polar surface area (TPSA) is 78.5 Å². The number of amides is 3. The summed E-state index contributed by atoms with van der Waals surface area (Å²) in [6.07, 6.45) is 2.04. The maximum Gasteiger partial charge on any atom is 0.253 e. The monoisotopic (exact) mass is 371 g/mol. The third-order valence-corrected chi connectivity index (χ3v) is 5.38. The van der Waals surface area contributed by atoms with Gasteiger partial charge in [-0.05, 0) is 50.5 Å². The number of nitrogens with zero attached hydrogens (tertiary/aromatic N) is 1. The van der Waals surface area contributed by atoms with Gasteiger partial charge >= 0.3 is 0 Å². The summed E-state index contributed by atoms with van der Waals surface area (Å²) in [5.74, 6) is -0.176. The maximum atomic E-state index is 13.1. The lowest BCUT2D eigenvalue weighted by Crippen LogP contribution is -2.46. The van der Waals surface area contributed by atoms with Gasteiger partial charge in [-0.1, -0.05) is 13.8 Å². The van der Waals surface area contributed by atoms with Crippen LogP contribution >= 0.6 is 0 Å². The van der Waals surface area contributed by atoms with E-state index in [4.69, 9.17) is 0 Å². The van der Waals surface area contributed by atoms with Crippen LogP contribution in [-0.4, -0.2) is 41.8 Å². The summed E-state index contributed by atoms with van der Waals surface area (Å²) in [5, 5.41) is 5.84. The van der Waals surface area contributed by atoms with Crippen LogP contribution < -0.4 is 10.6 Å². The Morgan fingerprint density at radius 1 is 1.30 bits per heavy atom. The van der Waals surface area contributed by atoms with Gasteiger partial charge in [0.1, 0.15) is 0 Å². The summed E-state index contributed by atoms with van der Waals surface area (Å²) in [5.41, 5.74) is 2.07. The second-order valence-electron chi connectivity index (χ2n) is 8.62. The second kappa shape index (κ2) is 7.33. The SMILES string of the molecule is CC(C)NC(=O)C1CCCN(C(=O)c2ccc3c(c2)C(C)(C)CC(=O)N3)C1. The molecule has 146 valence electrons. The number of carbonyl (C=O) groups excluding carboxylic acids is 3. The van der Waals surface area contributed by atoms with Crippen molar-refractivity contribution in [3.63, 3.8) is 0 Å². The Bertz CT molecular complexity index is 770. The molecule has 0 radical (unpaired) electrons. The van der Waals surface area contributed by atoms with Crippen LogP contribution in [0, 0.1) is 5.92 Å². The van der Waals surface area contributed by atoms with Gasteiger partial charge in [-0.25, -0.2) is 0 Å². The molecule has 1 saturated heterocycles. The zero-order chi connectivity index (χ0) is 19.8.